The van der Waals surface area contributed by atoms with Gasteiger partial charge in [-0.2, -0.15) is 0 Å². The van der Waals surface area contributed by atoms with Gasteiger partial charge in [-0.1, -0.05) is 48.0 Å². The van der Waals surface area contributed by atoms with E-state index in [-0.39, 0.29) is 41.2 Å². The fraction of sp³-hybridized carbons (Fsp3) is 0.333. The van der Waals surface area contributed by atoms with Crippen LogP contribution >= 0.6 is 11.6 Å². The summed E-state index contributed by atoms with van der Waals surface area (Å²) in [6.45, 7) is 0.167. The monoisotopic (exact) mass is 779 g/mol. The van der Waals surface area contributed by atoms with Crippen LogP contribution in [0, 0.1) is 23.5 Å². The number of phenolic OH excluding ortho intramolecular Hbond substituents is 1. The highest BCUT2D eigenvalue weighted by atomic mass is 35.5. The number of benzene rings is 3. The second-order valence-electron chi connectivity index (χ2n) is 14.4. The van der Waals surface area contributed by atoms with E-state index in [1.165, 1.54) is 19.0 Å². The molecule has 0 bridgehead atoms. The van der Waals surface area contributed by atoms with E-state index in [1.54, 1.807) is 19.0 Å². The summed E-state index contributed by atoms with van der Waals surface area (Å²) < 4.78 is 29.1. The first-order valence-electron chi connectivity index (χ1n) is 17.3. The Balaban J connectivity index is 1.44. The van der Waals surface area contributed by atoms with E-state index in [4.69, 9.17) is 17.3 Å². The van der Waals surface area contributed by atoms with E-state index in [0.29, 0.717) is 12.5 Å². The van der Waals surface area contributed by atoms with Gasteiger partial charge in [-0.05, 0) is 56.5 Å². The van der Waals surface area contributed by atoms with Gasteiger partial charge in [0.1, 0.15) is 40.5 Å². The van der Waals surface area contributed by atoms with E-state index in [2.05, 4.69) is 10.6 Å². The maximum atomic E-state index is 15.2. The van der Waals surface area contributed by atoms with E-state index in [9.17, 15) is 44.0 Å². The third kappa shape index (κ3) is 6.50. The second-order valence-corrected chi connectivity index (χ2v) is 14.8. The molecule has 3 unspecified atom stereocenters. The van der Waals surface area contributed by atoms with Crippen LogP contribution in [0.25, 0.3) is 0 Å². The number of aliphatic hydroxyl groups excluding tert-OH is 2. The molecule has 6 rings (SSSR count). The number of Topliss-reactive ketones (excluding diaryl/α,β-unsaturated/α-hetero) is 2. The molecule has 0 radical (unpaired) electrons. The van der Waals surface area contributed by atoms with E-state index in [0.717, 1.165) is 17.7 Å². The van der Waals surface area contributed by atoms with Crippen molar-refractivity contribution in [3.8, 4) is 5.75 Å². The van der Waals surface area contributed by atoms with Crippen molar-refractivity contribution in [2.45, 2.75) is 36.9 Å². The number of nitrogens with one attached hydrogen (secondary N) is 2. The Morgan fingerprint density at radius 1 is 1.05 bits per heavy atom. The number of primary amides is 1. The summed E-state index contributed by atoms with van der Waals surface area (Å²) >= 11 is 6.90. The zero-order valence-corrected chi connectivity index (χ0v) is 31.0. The Hall–Kier alpha value is -5.35. The lowest BCUT2D eigenvalue weighted by Crippen LogP contribution is -2.63. The molecule has 3 aliphatic carbocycles. The van der Waals surface area contributed by atoms with Crippen LogP contribution in [0.3, 0.4) is 0 Å². The normalized spacial score (nSPS) is 22.6. The van der Waals surface area contributed by atoms with Crippen molar-refractivity contribution in [2.24, 2.45) is 17.6 Å². The molecular weight excluding hydrogens is 740 g/mol. The van der Waals surface area contributed by atoms with Gasteiger partial charge in [0.2, 0.25) is 11.7 Å². The lowest BCUT2D eigenvalue weighted by molar-refractivity contribution is -0.148. The summed E-state index contributed by atoms with van der Waals surface area (Å²) in [4.78, 5) is 57.6. The number of ketones is 2. The predicted molar refractivity (Wildman–Crippen MR) is 199 cm³/mol. The van der Waals surface area contributed by atoms with Crippen molar-refractivity contribution < 1.29 is 48.4 Å². The van der Waals surface area contributed by atoms with Crippen LogP contribution in [-0.2, 0) is 27.2 Å². The number of nitrogens with zero attached hydrogens (tertiary/aromatic N) is 2. The third-order valence-electron chi connectivity index (χ3n) is 10.6. The highest BCUT2D eigenvalue weighted by Crippen LogP contribution is 2.55. The lowest BCUT2D eigenvalue weighted by atomic mass is 9.58. The molecule has 0 saturated carbocycles. The molecule has 16 heteroatoms. The predicted octanol–water partition coefficient (Wildman–Crippen LogP) is 3.63. The SMILES string of the molecule is CN(C)c1c(Cl)c(NC(=O)C(NCCc2ccccc2)c2ccc(F)cc2F)c(O)c2c1CC1CC3[C@H](N(C)C)C(O)=C(C(N)=O)C(=O)[C@@]3(O)C(O)=C1C2=O. The van der Waals surface area contributed by atoms with Crippen LogP contribution in [0.15, 0.2) is 71.2 Å². The topological polar surface area (TPSA) is 206 Å². The molecule has 3 aromatic carbocycles. The molecule has 0 aromatic heterocycles. The lowest BCUT2D eigenvalue weighted by Gasteiger charge is -2.50. The molecule has 55 heavy (non-hydrogen) atoms. The number of carbonyl (C=O) groups excluding carboxylic acids is 4. The largest absolute Gasteiger partial charge is 0.510 e. The zero-order valence-electron chi connectivity index (χ0n) is 30.3. The van der Waals surface area contributed by atoms with E-state index in [1.807, 2.05) is 30.3 Å². The smallest absolute Gasteiger partial charge is 0.255 e. The standard InChI is InChI=1S/C39H40ClF2N5O8/c1-46(2)30-21-14-18-15-22-31(47(3)4)34(50)26(37(43)53)36(52)39(22,55)35(51)24(18)32(48)25(21)33(49)29(27(30)40)45-38(54)28(20-11-10-19(41)16-23(20)42)44-13-12-17-8-6-5-7-9-17/h5-11,16,18,22,28,31,44,49-51,55H,12-15H2,1-4H3,(H2,43,53)(H,45,54)/t18?,22?,28?,31-,39-/m0/s1. The second kappa shape index (κ2) is 14.7. The van der Waals surface area contributed by atoms with Gasteiger partial charge < -0.3 is 41.7 Å². The van der Waals surface area contributed by atoms with Crippen molar-refractivity contribution in [3.63, 3.8) is 0 Å². The number of anilines is 2. The van der Waals surface area contributed by atoms with E-state index >= 15 is 4.39 Å². The van der Waals surface area contributed by atoms with Crippen molar-refractivity contribution >= 4 is 46.4 Å². The van der Waals surface area contributed by atoms with Gasteiger partial charge in [-0.15, -0.1) is 0 Å². The average Bonchev–Trinajstić information content (AvgIpc) is 3.10. The number of hydrogen-bond donors (Lipinski definition) is 7. The van der Waals surface area contributed by atoms with Gasteiger partial charge in [0.25, 0.3) is 5.91 Å². The fourth-order valence-electron chi connectivity index (χ4n) is 8.19. The number of carbonyl (C=O) groups is 4. The number of hydrogen-bond acceptors (Lipinski definition) is 11. The third-order valence-corrected chi connectivity index (χ3v) is 11.0. The average molecular weight is 780 g/mol. The maximum absolute atomic E-state index is 15.2. The minimum atomic E-state index is -2.86. The number of allylic oxidation sites excluding steroid dienone is 1. The number of phenols is 1. The minimum Gasteiger partial charge on any atom is -0.510 e. The summed E-state index contributed by atoms with van der Waals surface area (Å²) in [5.74, 6) is -11.2. The molecule has 8 N–H and O–H groups in total. The number of fused-ring (bicyclic) bond motifs is 3. The summed E-state index contributed by atoms with van der Waals surface area (Å²) in [5.41, 5.74) is 1.53. The van der Waals surface area contributed by atoms with Gasteiger partial charge in [0.15, 0.2) is 17.1 Å². The molecule has 0 heterocycles. The Morgan fingerprint density at radius 2 is 1.73 bits per heavy atom. The Bertz CT molecular complexity index is 2190. The number of nitrogens with two attached hydrogens (primary N) is 1. The first-order valence-corrected chi connectivity index (χ1v) is 17.7. The van der Waals surface area contributed by atoms with Crippen molar-refractivity contribution in [3.05, 3.63) is 110 Å². The van der Waals surface area contributed by atoms with Crippen LogP contribution in [-0.4, -0.2) is 95.1 Å². The number of likely N-dealkylation sites (N-methyl/N-ethyl adjacent to an activating group) is 1. The van der Waals surface area contributed by atoms with Crippen LogP contribution in [0.5, 0.6) is 5.75 Å². The van der Waals surface area contributed by atoms with Crippen molar-refractivity contribution in [2.75, 3.05) is 45.0 Å². The number of amides is 2. The summed E-state index contributed by atoms with van der Waals surface area (Å²) in [5, 5.41) is 51.8. The molecule has 3 aromatic rings. The fourth-order valence-corrected chi connectivity index (χ4v) is 8.61. The maximum Gasteiger partial charge on any atom is 0.255 e. The zero-order chi connectivity index (χ0) is 40.3. The summed E-state index contributed by atoms with van der Waals surface area (Å²) in [6, 6.07) is 9.35. The van der Waals surface area contributed by atoms with Crippen molar-refractivity contribution in [1.82, 2.24) is 10.2 Å². The number of aliphatic hydroxyl groups is 3. The number of aromatic hydroxyl groups is 1. The Labute approximate surface area is 319 Å². The molecule has 0 aliphatic heterocycles. The molecular formula is C39H40ClF2N5O8. The van der Waals surface area contributed by atoms with Gasteiger partial charge in [0.05, 0.1) is 22.3 Å². The Kier molecular flexibility index (Phi) is 10.5. The van der Waals surface area contributed by atoms with Gasteiger partial charge in [-0.3, -0.25) is 24.1 Å². The molecule has 13 nitrogen and oxygen atoms in total. The van der Waals surface area contributed by atoms with Crippen LogP contribution in [0.2, 0.25) is 5.02 Å². The highest BCUT2D eigenvalue weighted by molar-refractivity contribution is 6.38. The molecule has 0 fully saturated rings. The number of rotatable bonds is 10. The quantitative estimate of drug-likeness (QED) is 0.117. The van der Waals surface area contributed by atoms with E-state index < -0.39 is 104 Å². The van der Waals surface area contributed by atoms with Crippen molar-refractivity contribution in [1.29, 1.82) is 0 Å². The molecule has 3 aliphatic rings. The summed E-state index contributed by atoms with van der Waals surface area (Å²) in [6.07, 6.45) is 0.224. The molecule has 0 saturated heterocycles. The van der Waals surface area contributed by atoms with Gasteiger partial charge >= 0.3 is 0 Å². The molecule has 0 spiro atoms. The molecule has 2 amide bonds. The number of halogens is 3. The minimum absolute atomic E-state index is 0.0615. The van der Waals surface area contributed by atoms with Crippen LogP contribution in [0.4, 0.5) is 20.2 Å². The van der Waals surface area contributed by atoms with Gasteiger partial charge in [0, 0.05) is 43.8 Å². The highest BCUT2D eigenvalue weighted by Gasteiger charge is 2.63. The first kappa shape index (κ1) is 39.3. The van der Waals surface area contributed by atoms with Crippen LogP contribution in [0.1, 0.15) is 39.5 Å². The molecule has 290 valence electrons. The van der Waals surface area contributed by atoms with Gasteiger partial charge in [-0.25, -0.2) is 8.78 Å². The first-order chi connectivity index (χ1) is 25.9. The summed E-state index contributed by atoms with van der Waals surface area (Å²) in [7, 11) is 6.27. The Morgan fingerprint density at radius 3 is 2.33 bits per heavy atom. The van der Waals surface area contributed by atoms with Crippen LogP contribution < -0.4 is 21.3 Å². The molecule has 5 atom stereocenters.